The molecule has 41 heavy (non-hydrogen) atoms. The number of carbonyl (C=O) groups is 2. The molecule has 0 unspecified atom stereocenters. The number of anilines is 1. The van der Waals surface area contributed by atoms with Crippen molar-refractivity contribution in [3.63, 3.8) is 0 Å². The Morgan fingerprint density at radius 3 is 2.22 bits per heavy atom. The maximum absolute atomic E-state index is 14.1. The SMILES string of the molecule is CC[C@H](C)NC(=O)[C@H](C)N(Cc1ccccc1Cl)C(=O)CN(c1cc(OC)ccc1OC)S(=O)(=O)c1ccccc1. The van der Waals surface area contributed by atoms with Crippen molar-refractivity contribution in [2.45, 2.75) is 50.7 Å². The van der Waals surface area contributed by atoms with Crippen molar-refractivity contribution in [2.75, 3.05) is 25.1 Å². The van der Waals surface area contributed by atoms with Gasteiger partial charge in [-0.05, 0) is 56.2 Å². The number of amides is 2. The molecule has 0 aliphatic rings. The normalized spacial score (nSPS) is 12.6. The predicted octanol–water partition coefficient (Wildman–Crippen LogP) is 4.88. The number of ether oxygens (including phenoxy) is 2. The molecule has 3 aromatic rings. The van der Waals surface area contributed by atoms with Gasteiger partial charge in [0.05, 0.1) is 24.8 Å². The number of carbonyl (C=O) groups excluding carboxylic acids is 2. The molecule has 0 bridgehead atoms. The van der Waals surface area contributed by atoms with Gasteiger partial charge in [-0.15, -0.1) is 0 Å². The zero-order chi connectivity index (χ0) is 30.2. The first kappa shape index (κ1) is 31.8. The fraction of sp³-hybridized carbons (Fsp3) is 0.333. The number of sulfonamides is 1. The van der Waals surface area contributed by atoms with Crippen molar-refractivity contribution < 1.29 is 27.5 Å². The van der Waals surface area contributed by atoms with Gasteiger partial charge in [-0.1, -0.05) is 54.9 Å². The van der Waals surface area contributed by atoms with E-state index < -0.39 is 28.5 Å². The lowest BCUT2D eigenvalue weighted by Gasteiger charge is -2.33. The van der Waals surface area contributed by atoms with Gasteiger partial charge in [0.25, 0.3) is 10.0 Å². The highest BCUT2D eigenvalue weighted by atomic mass is 35.5. The summed E-state index contributed by atoms with van der Waals surface area (Å²) in [5, 5.41) is 3.32. The summed E-state index contributed by atoms with van der Waals surface area (Å²) < 4.78 is 39.8. The highest BCUT2D eigenvalue weighted by Crippen LogP contribution is 2.36. The van der Waals surface area contributed by atoms with Crippen LogP contribution < -0.4 is 19.1 Å². The van der Waals surface area contributed by atoms with Gasteiger partial charge in [-0.3, -0.25) is 13.9 Å². The van der Waals surface area contributed by atoms with Crippen LogP contribution >= 0.6 is 11.6 Å². The Kier molecular flexibility index (Phi) is 11.0. The number of methoxy groups -OCH3 is 2. The van der Waals surface area contributed by atoms with Crippen LogP contribution in [-0.2, 0) is 26.2 Å². The number of rotatable bonds is 13. The van der Waals surface area contributed by atoms with Gasteiger partial charge >= 0.3 is 0 Å². The topological polar surface area (TPSA) is 105 Å². The average Bonchev–Trinajstić information content (AvgIpc) is 2.98. The Bertz CT molecular complexity index is 1450. The molecule has 0 aliphatic heterocycles. The summed E-state index contributed by atoms with van der Waals surface area (Å²) in [5.41, 5.74) is 0.723. The van der Waals surface area contributed by atoms with Crippen LogP contribution in [0.5, 0.6) is 11.5 Å². The van der Waals surface area contributed by atoms with Crippen LogP contribution in [-0.4, -0.2) is 58.0 Å². The second kappa shape index (κ2) is 14.2. The van der Waals surface area contributed by atoms with E-state index in [1.165, 1.54) is 37.3 Å². The number of nitrogens with one attached hydrogen (secondary N) is 1. The summed E-state index contributed by atoms with van der Waals surface area (Å²) in [7, 11) is -1.40. The maximum atomic E-state index is 14.1. The lowest BCUT2D eigenvalue weighted by Crippen LogP contribution is -2.52. The van der Waals surface area contributed by atoms with Crippen LogP contribution in [0.25, 0.3) is 0 Å². The first-order chi connectivity index (χ1) is 19.5. The molecule has 220 valence electrons. The van der Waals surface area contributed by atoms with E-state index in [1.54, 1.807) is 61.5 Å². The monoisotopic (exact) mass is 601 g/mol. The summed E-state index contributed by atoms with van der Waals surface area (Å²) in [5.74, 6) is -0.383. The van der Waals surface area contributed by atoms with Crippen LogP contribution in [0.4, 0.5) is 5.69 Å². The van der Waals surface area contributed by atoms with Crippen molar-refractivity contribution in [1.82, 2.24) is 10.2 Å². The van der Waals surface area contributed by atoms with Crippen molar-refractivity contribution >= 4 is 39.1 Å². The van der Waals surface area contributed by atoms with Gasteiger partial charge in [0, 0.05) is 23.7 Å². The minimum absolute atomic E-state index is 0.0118. The van der Waals surface area contributed by atoms with Gasteiger partial charge < -0.3 is 19.7 Å². The molecule has 2 atom stereocenters. The third kappa shape index (κ3) is 7.71. The summed E-state index contributed by atoms with van der Waals surface area (Å²) >= 11 is 6.42. The predicted molar refractivity (Wildman–Crippen MR) is 160 cm³/mol. The Morgan fingerprint density at radius 1 is 0.951 bits per heavy atom. The van der Waals surface area contributed by atoms with Gasteiger partial charge in [0.2, 0.25) is 11.8 Å². The van der Waals surface area contributed by atoms with E-state index in [-0.39, 0.29) is 34.8 Å². The van der Waals surface area contributed by atoms with Gasteiger partial charge in [0.15, 0.2) is 0 Å². The second-order valence-electron chi connectivity index (χ2n) is 9.47. The zero-order valence-corrected chi connectivity index (χ0v) is 25.4. The molecule has 11 heteroatoms. The Morgan fingerprint density at radius 2 is 1.61 bits per heavy atom. The van der Waals surface area contributed by atoms with Gasteiger partial charge in [0.1, 0.15) is 24.1 Å². The van der Waals surface area contributed by atoms with E-state index in [0.717, 1.165) is 4.31 Å². The van der Waals surface area contributed by atoms with Crippen LogP contribution in [0.3, 0.4) is 0 Å². The first-order valence-electron chi connectivity index (χ1n) is 13.2. The first-order valence-corrected chi connectivity index (χ1v) is 15.0. The van der Waals surface area contributed by atoms with Crippen LogP contribution in [0.2, 0.25) is 5.02 Å². The minimum Gasteiger partial charge on any atom is -0.497 e. The average molecular weight is 602 g/mol. The molecule has 2 amide bonds. The van der Waals surface area contributed by atoms with Crippen LogP contribution in [0.15, 0.2) is 77.7 Å². The van der Waals surface area contributed by atoms with Crippen molar-refractivity contribution in [1.29, 1.82) is 0 Å². The quantitative estimate of drug-likeness (QED) is 0.299. The Labute approximate surface area is 247 Å². The summed E-state index contributed by atoms with van der Waals surface area (Å²) in [4.78, 5) is 28.6. The molecule has 9 nitrogen and oxygen atoms in total. The number of hydrogen-bond donors (Lipinski definition) is 1. The highest BCUT2D eigenvalue weighted by Gasteiger charge is 2.34. The number of hydrogen-bond acceptors (Lipinski definition) is 6. The number of benzene rings is 3. The molecule has 0 radical (unpaired) electrons. The number of halogens is 1. The standard InChI is InChI=1S/C30H36ClN3O6S/c1-6-21(2)32-30(36)22(3)33(19-23-12-10-11-15-26(23)31)29(35)20-34(41(37,38)25-13-8-7-9-14-25)27-18-24(39-4)16-17-28(27)40-5/h7-18,21-22H,6,19-20H2,1-5H3,(H,32,36)/t21-,22-/m0/s1. The molecule has 0 saturated carbocycles. The van der Waals surface area contributed by atoms with E-state index >= 15 is 0 Å². The van der Waals surface area contributed by atoms with Crippen LogP contribution in [0.1, 0.15) is 32.8 Å². The van der Waals surface area contributed by atoms with E-state index in [4.69, 9.17) is 21.1 Å². The Balaban J connectivity index is 2.11. The van der Waals surface area contributed by atoms with Gasteiger partial charge in [-0.25, -0.2) is 8.42 Å². The smallest absolute Gasteiger partial charge is 0.264 e. The molecule has 0 aromatic heterocycles. The summed E-state index contributed by atoms with van der Waals surface area (Å²) in [6.45, 7) is 4.78. The second-order valence-corrected chi connectivity index (χ2v) is 11.7. The van der Waals surface area contributed by atoms with E-state index in [1.807, 2.05) is 13.8 Å². The molecule has 0 spiro atoms. The van der Waals surface area contributed by atoms with Crippen molar-refractivity contribution in [3.05, 3.63) is 83.4 Å². The van der Waals surface area contributed by atoms with E-state index in [9.17, 15) is 18.0 Å². The molecule has 3 rings (SSSR count). The lowest BCUT2D eigenvalue weighted by atomic mass is 10.1. The molecule has 0 aliphatic carbocycles. The Hall–Kier alpha value is -3.76. The van der Waals surface area contributed by atoms with Crippen molar-refractivity contribution in [3.8, 4) is 11.5 Å². The van der Waals surface area contributed by atoms with Crippen LogP contribution in [0, 0.1) is 0 Å². The molecular weight excluding hydrogens is 566 g/mol. The lowest BCUT2D eigenvalue weighted by molar-refractivity contribution is -0.139. The van der Waals surface area contributed by atoms with Crippen molar-refractivity contribution in [2.24, 2.45) is 0 Å². The molecule has 1 N–H and O–H groups in total. The molecule has 0 fully saturated rings. The summed E-state index contributed by atoms with van der Waals surface area (Å²) in [6, 6.07) is 18.4. The zero-order valence-electron chi connectivity index (χ0n) is 23.8. The number of nitrogens with zero attached hydrogens (tertiary/aromatic N) is 2. The molecule has 0 heterocycles. The molecule has 3 aromatic carbocycles. The molecule has 0 saturated heterocycles. The van der Waals surface area contributed by atoms with E-state index in [2.05, 4.69) is 5.32 Å². The fourth-order valence-electron chi connectivity index (χ4n) is 4.08. The third-order valence-electron chi connectivity index (χ3n) is 6.73. The summed E-state index contributed by atoms with van der Waals surface area (Å²) in [6.07, 6.45) is 0.704. The maximum Gasteiger partial charge on any atom is 0.264 e. The van der Waals surface area contributed by atoms with E-state index in [0.29, 0.717) is 22.8 Å². The van der Waals surface area contributed by atoms with Gasteiger partial charge in [-0.2, -0.15) is 0 Å². The third-order valence-corrected chi connectivity index (χ3v) is 8.87. The molecular formula is C30H36ClN3O6S. The highest BCUT2D eigenvalue weighted by molar-refractivity contribution is 7.92. The fourth-order valence-corrected chi connectivity index (χ4v) is 5.72. The largest absolute Gasteiger partial charge is 0.497 e. The minimum atomic E-state index is -4.27.